The van der Waals surface area contributed by atoms with Gasteiger partial charge in [0.1, 0.15) is 5.69 Å². The fourth-order valence-electron chi connectivity index (χ4n) is 4.12. The second-order valence-corrected chi connectivity index (χ2v) is 7.54. The third-order valence-electron chi connectivity index (χ3n) is 5.60. The summed E-state index contributed by atoms with van der Waals surface area (Å²) in [6.45, 7) is 3.70. The number of carbonyl (C=O) groups excluding carboxylic acids is 2. The van der Waals surface area contributed by atoms with E-state index >= 15 is 0 Å². The van der Waals surface area contributed by atoms with E-state index in [2.05, 4.69) is 5.10 Å². The van der Waals surface area contributed by atoms with Crippen LogP contribution in [0, 0.1) is 5.92 Å². The third kappa shape index (κ3) is 2.85. The zero-order valence-electron chi connectivity index (χ0n) is 15.4. The number of rotatable bonds is 1. The SMILES string of the molecule is CC1CCC(c2ccc3nn4c(c3c2)C(=O)N(C)CC4)N(C(=O)C(=O)O)C1. The summed E-state index contributed by atoms with van der Waals surface area (Å²) in [4.78, 5) is 39.2. The van der Waals surface area contributed by atoms with Crippen molar-refractivity contribution in [3.63, 3.8) is 0 Å². The second kappa shape index (κ2) is 6.37. The number of aliphatic carboxylic acids is 1. The molecule has 0 spiro atoms. The summed E-state index contributed by atoms with van der Waals surface area (Å²) in [6.07, 6.45) is 1.61. The van der Waals surface area contributed by atoms with Gasteiger partial charge < -0.3 is 14.9 Å². The van der Waals surface area contributed by atoms with E-state index in [0.29, 0.717) is 31.7 Å². The molecule has 1 fully saturated rings. The molecule has 2 unspecified atom stereocenters. The minimum Gasteiger partial charge on any atom is -0.474 e. The lowest BCUT2D eigenvalue weighted by Crippen LogP contribution is -2.44. The van der Waals surface area contributed by atoms with E-state index in [9.17, 15) is 19.5 Å². The molecule has 8 nitrogen and oxygen atoms in total. The molecule has 0 aliphatic carbocycles. The van der Waals surface area contributed by atoms with E-state index < -0.39 is 11.9 Å². The molecule has 0 radical (unpaired) electrons. The molecular formula is C19H22N4O4. The number of fused-ring (bicyclic) bond motifs is 3. The summed E-state index contributed by atoms with van der Waals surface area (Å²) in [5.41, 5.74) is 2.14. The van der Waals surface area contributed by atoms with Gasteiger partial charge in [0, 0.05) is 25.5 Å². The van der Waals surface area contributed by atoms with Gasteiger partial charge in [-0.3, -0.25) is 14.3 Å². The number of hydrogen-bond acceptors (Lipinski definition) is 4. The van der Waals surface area contributed by atoms with E-state index in [1.54, 1.807) is 16.6 Å². The Labute approximate surface area is 156 Å². The highest BCUT2D eigenvalue weighted by molar-refractivity contribution is 6.31. The predicted molar refractivity (Wildman–Crippen MR) is 97.2 cm³/mol. The first kappa shape index (κ1) is 17.5. The largest absolute Gasteiger partial charge is 0.474 e. The normalized spacial score (nSPS) is 22.8. The van der Waals surface area contributed by atoms with Crippen molar-refractivity contribution in [1.82, 2.24) is 19.6 Å². The number of nitrogens with zero attached hydrogens (tertiary/aromatic N) is 4. The van der Waals surface area contributed by atoms with Crippen LogP contribution >= 0.6 is 0 Å². The van der Waals surface area contributed by atoms with Crippen LogP contribution in [0.1, 0.15) is 41.9 Å². The second-order valence-electron chi connectivity index (χ2n) is 7.54. The van der Waals surface area contributed by atoms with Crippen LogP contribution in [-0.2, 0) is 16.1 Å². The van der Waals surface area contributed by atoms with Gasteiger partial charge in [-0.2, -0.15) is 5.10 Å². The number of hydrogen-bond donors (Lipinski definition) is 1. The lowest BCUT2D eigenvalue weighted by Gasteiger charge is -2.38. The Morgan fingerprint density at radius 1 is 1.22 bits per heavy atom. The smallest absolute Gasteiger partial charge is 0.394 e. The van der Waals surface area contributed by atoms with Crippen molar-refractivity contribution in [3.8, 4) is 0 Å². The average Bonchev–Trinajstić information content (AvgIpc) is 3.02. The highest BCUT2D eigenvalue weighted by atomic mass is 16.4. The van der Waals surface area contributed by atoms with Gasteiger partial charge in [0.15, 0.2) is 0 Å². The fourth-order valence-corrected chi connectivity index (χ4v) is 4.12. The van der Waals surface area contributed by atoms with Crippen LogP contribution in [0.2, 0.25) is 0 Å². The first-order valence-corrected chi connectivity index (χ1v) is 9.16. The van der Waals surface area contributed by atoms with Gasteiger partial charge in [0.2, 0.25) is 0 Å². The molecule has 142 valence electrons. The van der Waals surface area contributed by atoms with Crippen LogP contribution in [-0.4, -0.2) is 62.6 Å². The standard InChI is InChI=1S/C19H22N4O4/c1-11-3-6-15(22(10-11)18(25)19(26)27)12-4-5-14-13(9-12)16-17(24)21(2)7-8-23(16)20-14/h4-5,9,11,15H,3,6-8,10H2,1-2H3,(H,26,27). The number of carbonyl (C=O) groups is 3. The minimum absolute atomic E-state index is 0.0726. The van der Waals surface area contributed by atoms with Crippen LogP contribution in [0.25, 0.3) is 10.9 Å². The Hall–Kier alpha value is -2.90. The van der Waals surface area contributed by atoms with Crippen molar-refractivity contribution < 1.29 is 19.5 Å². The van der Waals surface area contributed by atoms with E-state index in [1.165, 1.54) is 4.90 Å². The Bertz CT molecular complexity index is 951. The van der Waals surface area contributed by atoms with Gasteiger partial charge >= 0.3 is 11.9 Å². The van der Waals surface area contributed by atoms with Gasteiger partial charge in [-0.25, -0.2) is 4.79 Å². The topological polar surface area (TPSA) is 95.7 Å². The van der Waals surface area contributed by atoms with Crippen LogP contribution in [0.3, 0.4) is 0 Å². The predicted octanol–water partition coefficient (Wildman–Crippen LogP) is 1.51. The Kier molecular flexibility index (Phi) is 4.13. The number of benzene rings is 1. The van der Waals surface area contributed by atoms with Gasteiger partial charge in [-0.15, -0.1) is 0 Å². The lowest BCUT2D eigenvalue weighted by atomic mass is 9.89. The maximum Gasteiger partial charge on any atom is 0.394 e. The van der Waals surface area contributed by atoms with Crippen molar-refractivity contribution in [2.75, 3.05) is 20.1 Å². The molecule has 2 atom stereocenters. The van der Waals surface area contributed by atoms with Gasteiger partial charge in [0.25, 0.3) is 5.91 Å². The lowest BCUT2D eigenvalue weighted by molar-refractivity contribution is -0.158. The first-order valence-electron chi connectivity index (χ1n) is 9.16. The van der Waals surface area contributed by atoms with E-state index in [-0.39, 0.29) is 17.9 Å². The molecular weight excluding hydrogens is 348 g/mol. The van der Waals surface area contributed by atoms with Gasteiger partial charge in [-0.1, -0.05) is 13.0 Å². The summed E-state index contributed by atoms with van der Waals surface area (Å²) in [7, 11) is 1.77. The van der Waals surface area contributed by atoms with Gasteiger partial charge in [-0.05, 0) is 36.5 Å². The molecule has 1 aromatic heterocycles. The van der Waals surface area contributed by atoms with Crippen LogP contribution in [0.5, 0.6) is 0 Å². The number of carboxylic acids is 1. The van der Waals surface area contributed by atoms with Gasteiger partial charge in [0.05, 0.1) is 18.1 Å². The molecule has 1 saturated heterocycles. The number of aromatic nitrogens is 2. The van der Waals surface area contributed by atoms with Crippen molar-refractivity contribution in [1.29, 1.82) is 0 Å². The highest BCUT2D eigenvalue weighted by Gasteiger charge is 2.35. The molecule has 4 rings (SSSR count). The number of likely N-dealkylation sites (tertiary alicyclic amines) is 1. The minimum atomic E-state index is -1.44. The summed E-state index contributed by atoms with van der Waals surface area (Å²) in [6, 6.07) is 5.33. The van der Waals surface area contributed by atoms with Crippen LogP contribution in [0.4, 0.5) is 0 Å². The molecule has 2 aliphatic heterocycles. The molecule has 2 aliphatic rings. The van der Waals surface area contributed by atoms with Crippen LogP contribution < -0.4 is 0 Å². The van der Waals surface area contributed by atoms with Crippen molar-refractivity contribution in [2.45, 2.75) is 32.4 Å². The quantitative estimate of drug-likeness (QED) is 0.768. The van der Waals surface area contributed by atoms with E-state index in [1.807, 2.05) is 25.1 Å². The summed E-state index contributed by atoms with van der Waals surface area (Å²) in [5, 5.41) is 14.5. The average molecular weight is 370 g/mol. The monoisotopic (exact) mass is 370 g/mol. The van der Waals surface area contributed by atoms with Crippen LogP contribution in [0.15, 0.2) is 18.2 Å². The highest BCUT2D eigenvalue weighted by Crippen LogP contribution is 2.35. The molecule has 2 aromatic rings. The summed E-state index contributed by atoms with van der Waals surface area (Å²) < 4.78 is 1.74. The maximum atomic E-state index is 12.6. The Morgan fingerprint density at radius 2 is 2.00 bits per heavy atom. The third-order valence-corrected chi connectivity index (χ3v) is 5.60. The molecule has 0 saturated carbocycles. The summed E-state index contributed by atoms with van der Waals surface area (Å²) in [5.74, 6) is -2.13. The number of piperidine rings is 1. The first-order chi connectivity index (χ1) is 12.9. The Morgan fingerprint density at radius 3 is 2.74 bits per heavy atom. The molecule has 2 amide bonds. The Balaban J connectivity index is 1.78. The number of amides is 2. The molecule has 1 N–H and O–H groups in total. The number of carboxylic acid groups (broad SMARTS) is 1. The zero-order chi connectivity index (χ0) is 19.3. The summed E-state index contributed by atoms with van der Waals surface area (Å²) >= 11 is 0. The maximum absolute atomic E-state index is 12.6. The molecule has 27 heavy (non-hydrogen) atoms. The molecule has 1 aromatic carbocycles. The zero-order valence-corrected chi connectivity index (χ0v) is 15.4. The van der Waals surface area contributed by atoms with Crippen molar-refractivity contribution in [2.24, 2.45) is 5.92 Å². The van der Waals surface area contributed by atoms with Crippen molar-refractivity contribution >= 4 is 28.7 Å². The molecule has 0 bridgehead atoms. The van der Waals surface area contributed by atoms with E-state index in [0.717, 1.165) is 22.9 Å². The molecule has 8 heteroatoms. The van der Waals surface area contributed by atoms with E-state index in [4.69, 9.17) is 0 Å². The number of likely N-dealkylation sites (N-methyl/N-ethyl adjacent to an activating group) is 1. The van der Waals surface area contributed by atoms with Crippen molar-refractivity contribution in [3.05, 3.63) is 29.5 Å². The fraction of sp³-hybridized carbons (Fsp3) is 0.474. The molecule has 3 heterocycles.